The molecule has 0 unspecified atom stereocenters. The number of amides is 2. The molecule has 0 saturated carbocycles. The SMILES string of the molecule is O=C(NCCCOCc1ccco1)NCc1ccnc(N2CCCCC2)c1. The molecular formula is C20H28N4O3. The number of pyridine rings is 1. The van der Waals surface area contributed by atoms with Gasteiger partial charge in [0, 0.05) is 39.0 Å². The molecule has 7 nitrogen and oxygen atoms in total. The molecule has 2 aromatic rings. The summed E-state index contributed by atoms with van der Waals surface area (Å²) in [6, 6.07) is 7.55. The lowest BCUT2D eigenvalue weighted by atomic mass is 10.1. The number of rotatable bonds is 9. The summed E-state index contributed by atoms with van der Waals surface area (Å²) in [5.74, 6) is 1.81. The number of carbonyl (C=O) groups is 1. The number of carbonyl (C=O) groups excluding carboxylic acids is 1. The van der Waals surface area contributed by atoms with Crippen LogP contribution >= 0.6 is 0 Å². The number of ether oxygens (including phenoxy) is 1. The standard InChI is InChI=1S/C20H28N4O3/c25-20(22-8-5-12-26-16-18-6-4-13-27-18)23-15-17-7-9-21-19(14-17)24-10-2-1-3-11-24/h4,6-7,9,13-14H,1-3,5,8,10-12,15-16H2,(H2,22,23,25). The first-order chi connectivity index (χ1) is 13.3. The lowest BCUT2D eigenvalue weighted by molar-refractivity contribution is 0.104. The first-order valence-corrected chi connectivity index (χ1v) is 9.63. The molecule has 2 amide bonds. The molecule has 27 heavy (non-hydrogen) atoms. The van der Waals surface area contributed by atoms with Gasteiger partial charge in [-0.25, -0.2) is 9.78 Å². The van der Waals surface area contributed by atoms with E-state index in [-0.39, 0.29) is 6.03 Å². The Bertz CT molecular complexity index is 684. The second-order valence-corrected chi connectivity index (χ2v) is 6.66. The third kappa shape index (κ3) is 6.60. The molecule has 3 rings (SSSR count). The van der Waals surface area contributed by atoms with Gasteiger partial charge in [0.15, 0.2) is 0 Å². The Morgan fingerprint density at radius 1 is 1.22 bits per heavy atom. The van der Waals surface area contributed by atoms with E-state index >= 15 is 0 Å². The molecule has 0 spiro atoms. The second-order valence-electron chi connectivity index (χ2n) is 6.66. The average molecular weight is 372 g/mol. The summed E-state index contributed by atoms with van der Waals surface area (Å²) in [7, 11) is 0. The maximum Gasteiger partial charge on any atom is 0.315 e. The Morgan fingerprint density at radius 2 is 2.11 bits per heavy atom. The molecule has 0 radical (unpaired) electrons. The van der Waals surface area contributed by atoms with E-state index in [1.165, 1.54) is 19.3 Å². The highest BCUT2D eigenvalue weighted by Gasteiger charge is 2.12. The predicted octanol–water partition coefficient (Wildman–Crippen LogP) is 3.07. The summed E-state index contributed by atoms with van der Waals surface area (Å²) < 4.78 is 10.7. The summed E-state index contributed by atoms with van der Waals surface area (Å²) in [5, 5.41) is 5.74. The van der Waals surface area contributed by atoms with Gasteiger partial charge in [0.05, 0.1) is 6.26 Å². The fraction of sp³-hybridized carbons (Fsp3) is 0.500. The second kappa shape index (κ2) is 10.6. The van der Waals surface area contributed by atoms with Crippen LogP contribution in [0, 0.1) is 0 Å². The van der Waals surface area contributed by atoms with E-state index in [9.17, 15) is 4.79 Å². The van der Waals surface area contributed by atoms with Crippen molar-refractivity contribution < 1.29 is 13.9 Å². The molecule has 2 N–H and O–H groups in total. The number of nitrogens with one attached hydrogen (secondary N) is 2. The van der Waals surface area contributed by atoms with E-state index < -0.39 is 0 Å². The zero-order valence-corrected chi connectivity index (χ0v) is 15.7. The number of nitrogens with zero attached hydrogens (tertiary/aromatic N) is 2. The van der Waals surface area contributed by atoms with Crippen molar-refractivity contribution in [2.75, 3.05) is 31.1 Å². The van der Waals surface area contributed by atoms with Crippen LogP contribution in [0.15, 0.2) is 41.1 Å². The van der Waals surface area contributed by atoms with Crippen LogP contribution in [0.3, 0.4) is 0 Å². The fourth-order valence-corrected chi connectivity index (χ4v) is 3.05. The van der Waals surface area contributed by atoms with Gasteiger partial charge in [-0.3, -0.25) is 0 Å². The summed E-state index contributed by atoms with van der Waals surface area (Å²) >= 11 is 0. The molecule has 0 aliphatic carbocycles. The van der Waals surface area contributed by atoms with Gasteiger partial charge < -0.3 is 24.7 Å². The van der Waals surface area contributed by atoms with Crippen LogP contribution in [0.25, 0.3) is 0 Å². The van der Waals surface area contributed by atoms with E-state index in [2.05, 4.69) is 26.6 Å². The lowest BCUT2D eigenvalue weighted by Crippen LogP contribution is -2.36. The maximum atomic E-state index is 11.9. The van der Waals surface area contributed by atoms with Crippen LogP contribution in [0.4, 0.5) is 10.6 Å². The number of hydrogen-bond acceptors (Lipinski definition) is 5. The van der Waals surface area contributed by atoms with E-state index in [4.69, 9.17) is 9.15 Å². The Morgan fingerprint density at radius 3 is 2.93 bits per heavy atom. The monoisotopic (exact) mass is 372 g/mol. The molecule has 0 bridgehead atoms. The normalized spacial score (nSPS) is 14.1. The fourth-order valence-electron chi connectivity index (χ4n) is 3.05. The number of urea groups is 1. The van der Waals surface area contributed by atoms with Crippen molar-refractivity contribution in [3.63, 3.8) is 0 Å². The number of piperidine rings is 1. The van der Waals surface area contributed by atoms with Gasteiger partial charge >= 0.3 is 6.03 Å². The summed E-state index contributed by atoms with van der Waals surface area (Å²) in [6.45, 7) is 4.22. The maximum absolute atomic E-state index is 11.9. The zero-order valence-electron chi connectivity index (χ0n) is 15.7. The highest BCUT2D eigenvalue weighted by atomic mass is 16.5. The quantitative estimate of drug-likeness (QED) is 0.661. The zero-order chi connectivity index (χ0) is 18.7. The molecule has 1 saturated heterocycles. The summed E-state index contributed by atoms with van der Waals surface area (Å²) in [5.41, 5.74) is 1.06. The largest absolute Gasteiger partial charge is 0.467 e. The molecule has 1 aliphatic heterocycles. The van der Waals surface area contributed by atoms with Gasteiger partial charge in [-0.2, -0.15) is 0 Å². The van der Waals surface area contributed by atoms with Gasteiger partial charge in [-0.1, -0.05) is 0 Å². The minimum absolute atomic E-state index is 0.169. The van der Waals surface area contributed by atoms with E-state index in [1.807, 2.05) is 24.4 Å². The van der Waals surface area contributed by atoms with Crippen LogP contribution in [-0.4, -0.2) is 37.3 Å². The molecule has 7 heteroatoms. The third-order valence-corrected chi connectivity index (χ3v) is 4.52. The van der Waals surface area contributed by atoms with Crippen molar-refractivity contribution in [2.24, 2.45) is 0 Å². The molecule has 146 valence electrons. The Hall–Kier alpha value is -2.54. The third-order valence-electron chi connectivity index (χ3n) is 4.52. The Kier molecular flexibility index (Phi) is 7.53. The lowest BCUT2D eigenvalue weighted by Gasteiger charge is -2.27. The van der Waals surface area contributed by atoms with Crippen LogP contribution in [0.1, 0.15) is 37.0 Å². The van der Waals surface area contributed by atoms with E-state index in [0.29, 0.717) is 26.3 Å². The van der Waals surface area contributed by atoms with Gasteiger partial charge in [0.25, 0.3) is 0 Å². The topological polar surface area (TPSA) is 79.6 Å². The van der Waals surface area contributed by atoms with Crippen molar-refractivity contribution in [3.8, 4) is 0 Å². The van der Waals surface area contributed by atoms with Crippen LogP contribution < -0.4 is 15.5 Å². The van der Waals surface area contributed by atoms with Crippen molar-refractivity contribution in [1.82, 2.24) is 15.6 Å². The first kappa shape index (κ1) is 19.2. The highest BCUT2D eigenvalue weighted by Crippen LogP contribution is 2.18. The number of furan rings is 1. The van der Waals surface area contributed by atoms with Crippen LogP contribution in [-0.2, 0) is 17.9 Å². The number of hydrogen-bond donors (Lipinski definition) is 2. The summed E-state index contributed by atoms with van der Waals surface area (Å²) in [4.78, 5) is 18.7. The predicted molar refractivity (Wildman–Crippen MR) is 104 cm³/mol. The van der Waals surface area contributed by atoms with Gasteiger partial charge in [0.1, 0.15) is 18.2 Å². The van der Waals surface area contributed by atoms with E-state index in [1.54, 1.807) is 6.26 Å². The highest BCUT2D eigenvalue weighted by molar-refractivity contribution is 5.73. The van der Waals surface area contributed by atoms with Crippen LogP contribution in [0.5, 0.6) is 0 Å². The molecule has 2 aromatic heterocycles. The van der Waals surface area contributed by atoms with Gasteiger partial charge in [-0.15, -0.1) is 0 Å². The minimum atomic E-state index is -0.169. The molecular weight excluding hydrogens is 344 g/mol. The smallest absolute Gasteiger partial charge is 0.315 e. The first-order valence-electron chi connectivity index (χ1n) is 9.63. The Balaban J connectivity index is 1.29. The Labute approximate surface area is 160 Å². The van der Waals surface area contributed by atoms with E-state index in [0.717, 1.165) is 36.7 Å². The minimum Gasteiger partial charge on any atom is -0.467 e. The van der Waals surface area contributed by atoms with Gasteiger partial charge in [0.2, 0.25) is 0 Å². The van der Waals surface area contributed by atoms with Crippen LogP contribution in [0.2, 0.25) is 0 Å². The van der Waals surface area contributed by atoms with Crippen molar-refractivity contribution in [2.45, 2.75) is 38.8 Å². The molecule has 1 fully saturated rings. The molecule has 3 heterocycles. The van der Waals surface area contributed by atoms with Crippen molar-refractivity contribution >= 4 is 11.8 Å². The summed E-state index contributed by atoms with van der Waals surface area (Å²) in [6.07, 6.45) is 7.93. The number of aromatic nitrogens is 1. The molecule has 0 aromatic carbocycles. The number of anilines is 1. The average Bonchev–Trinajstić information content (AvgIpc) is 3.23. The van der Waals surface area contributed by atoms with Gasteiger partial charge in [-0.05, 0) is 55.5 Å². The van der Waals surface area contributed by atoms with Crippen molar-refractivity contribution in [1.29, 1.82) is 0 Å². The molecule has 1 aliphatic rings. The molecule has 0 atom stereocenters. The van der Waals surface area contributed by atoms with Crippen molar-refractivity contribution in [3.05, 3.63) is 48.0 Å².